The van der Waals surface area contributed by atoms with E-state index in [0.29, 0.717) is 6.54 Å². The lowest BCUT2D eigenvalue weighted by molar-refractivity contribution is 0.0420. The average molecular weight is 493 g/mol. The van der Waals surface area contributed by atoms with E-state index in [9.17, 15) is 0 Å². The quantitative estimate of drug-likeness (QED) is 0.226. The number of methoxy groups -OCH3 is 1. The van der Waals surface area contributed by atoms with Crippen molar-refractivity contribution < 1.29 is 18.9 Å². The van der Waals surface area contributed by atoms with E-state index in [2.05, 4.69) is 15.6 Å². The third-order valence-corrected chi connectivity index (χ3v) is 4.01. The molecule has 1 heterocycles. The predicted octanol–water partition coefficient (Wildman–Crippen LogP) is 2.44. The van der Waals surface area contributed by atoms with Gasteiger partial charge in [0.2, 0.25) is 0 Å². The first kappa shape index (κ1) is 23.8. The summed E-state index contributed by atoms with van der Waals surface area (Å²) >= 11 is 0. The molecule has 2 atom stereocenters. The number of halogens is 1. The topological polar surface area (TPSA) is 73.3 Å². The van der Waals surface area contributed by atoms with Gasteiger partial charge in [-0.05, 0) is 31.9 Å². The molecule has 1 aromatic rings. The molecule has 0 radical (unpaired) electrons. The number of benzene rings is 1. The van der Waals surface area contributed by atoms with Gasteiger partial charge in [-0.2, -0.15) is 0 Å². The lowest BCUT2D eigenvalue weighted by Crippen LogP contribution is -2.42. The van der Waals surface area contributed by atoms with E-state index in [-0.39, 0.29) is 36.2 Å². The highest BCUT2D eigenvalue weighted by Gasteiger charge is 2.15. The van der Waals surface area contributed by atoms with E-state index in [1.54, 1.807) is 14.2 Å². The Balaban J connectivity index is 0.00000364. The summed E-state index contributed by atoms with van der Waals surface area (Å²) in [5.41, 5.74) is 0. The summed E-state index contributed by atoms with van der Waals surface area (Å²) in [5.74, 6) is 2.33. The molecule has 1 aromatic carbocycles. The molecule has 154 valence electrons. The molecule has 1 fully saturated rings. The van der Waals surface area contributed by atoms with Gasteiger partial charge in [0.05, 0.1) is 26.4 Å². The average Bonchev–Trinajstić information content (AvgIpc) is 3.17. The van der Waals surface area contributed by atoms with Gasteiger partial charge in [0.25, 0.3) is 0 Å². The van der Waals surface area contributed by atoms with Crippen molar-refractivity contribution >= 4 is 29.9 Å². The van der Waals surface area contributed by atoms with Crippen molar-refractivity contribution in [2.45, 2.75) is 32.0 Å². The molecule has 0 amide bonds. The van der Waals surface area contributed by atoms with Crippen LogP contribution in [-0.4, -0.2) is 65.2 Å². The van der Waals surface area contributed by atoms with Crippen LogP contribution in [0.2, 0.25) is 0 Å². The zero-order valence-corrected chi connectivity index (χ0v) is 18.7. The number of guanidine groups is 1. The molecular weight excluding hydrogens is 461 g/mol. The van der Waals surface area contributed by atoms with Crippen LogP contribution in [0, 0.1) is 0 Å². The number of aliphatic imine (C=N–C) groups is 1. The van der Waals surface area contributed by atoms with Gasteiger partial charge in [-0.25, -0.2) is 0 Å². The predicted molar refractivity (Wildman–Crippen MR) is 118 cm³/mol. The summed E-state index contributed by atoms with van der Waals surface area (Å²) < 4.78 is 22.1. The fourth-order valence-corrected chi connectivity index (χ4v) is 2.58. The molecule has 0 aromatic heterocycles. The minimum absolute atomic E-state index is 0. The van der Waals surface area contributed by atoms with Crippen LogP contribution in [0.4, 0.5) is 0 Å². The van der Waals surface area contributed by atoms with Crippen molar-refractivity contribution in [2.75, 3.05) is 47.1 Å². The van der Waals surface area contributed by atoms with E-state index in [1.807, 2.05) is 31.2 Å². The fourth-order valence-electron chi connectivity index (χ4n) is 2.58. The highest BCUT2D eigenvalue weighted by Crippen LogP contribution is 2.19. The Kier molecular flexibility index (Phi) is 12.2. The maximum Gasteiger partial charge on any atom is 0.191 e. The minimum atomic E-state index is -0.00800. The Morgan fingerprint density at radius 3 is 2.85 bits per heavy atom. The van der Waals surface area contributed by atoms with Gasteiger partial charge in [0, 0.05) is 32.9 Å². The molecule has 1 aliphatic rings. The summed E-state index contributed by atoms with van der Waals surface area (Å²) in [6, 6.07) is 7.60. The highest BCUT2D eigenvalue weighted by atomic mass is 127. The first-order chi connectivity index (χ1) is 12.7. The Bertz CT molecular complexity index is 554. The number of hydrogen-bond donors (Lipinski definition) is 2. The molecule has 1 saturated heterocycles. The SMILES string of the molecule is CN=C(NCCCOC1CCOC1)NCC(C)Oc1cccc(OC)c1.I. The minimum Gasteiger partial charge on any atom is -0.497 e. The van der Waals surface area contributed by atoms with Crippen molar-refractivity contribution in [3.8, 4) is 11.5 Å². The van der Waals surface area contributed by atoms with Crippen molar-refractivity contribution in [1.29, 1.82) is 0 Å². The molecule has 2 N–H and O–H groups in total. The number of hydrogen-bond acceptors (Lipinski definition) is 5. The van der Waals surface area contributed by atoms with Crippen molar-refractivity contribution in [2.24, 2.45) is 4.99 Å². The maximum absolute atomic E-state index is 5.89. The van der Waals surface area contributed by atoms with Gasteiger partial charge in [-0.3, -0.25) is 4.99 Å². The van der Waals surface area contributed by atoms with Crippen molar-refractivity contribution in [3.63, 3.8) is 0 Å². The largest absolute Gasteiger partial charge is 0.497 e. The zero-order chi connectivity index (χ0) is 18.6. The molecule has 2 rings (SSSR count). The Labute approximate surface area is 179 Å². The monoisotopic (exact) mass is 493 g/mol. The van der Waals surface area contributed by atoms with Gasteiger partial charge in [0.1, 0.15) is 17.6 Å². The van der Waals surface area contributed by atoms with E-state index in [1.165, 1.54) is 0 Å². The molecule has 0 spiro atoms. The van der Waals surface area contributed by atoms with Gasteiger partial charge in [-0.1, -0.05) is 6.07 Å². The van der Waals surface area contributed by atoms with Gasteiger partial charge < -0.3 is 29.6 Å². The Morgan fingerprint density at radius 1 is 1.33 bits per heavy atom. The number of rotatable bonds is 10. The summed E-state index contributed by atoms with van der Waals surface area (Å²) in [4.78, 5) is 4.23. The van der Waals surface area contributed by atoms with Gasteiger partial charge >= 0.3 is 0 Å². The van der Waals surface area contributed by atoms with Crippen LogP contribution in [0.3, 0.4) is 0 Å². The zero-order valence-electron chi connectivity index (χ0n) is 16.4. The number of nitrogens with zero attached hydrogens (tertiary/aromatic N) is 1. The number of ether oxygens (including phenoxy) is 4. The summed E-state index contributed by atoms with van der Waals surface area (Å²) in [5, 5.41) is 6.56. The van der Waals surface area contributed by atoms with Crippen LogP contribution < -0.4 is 20.1 Å². The third-order valence-electron chi connectivity index (χ3n) is 4.01. The fraction of sp³-hybridized carbons (Fsp3) is 0.632. The lowest BCUT2D eigenvalue weighted by Gasteiger charge is -2.18. The molecule has 0 saturated carbocycles. The van der Waals surface area contributed by atoms with Crippen LogP contribution >= 0.6 is 24.0 Å². The summed E-state index contributed by atoms with van der Waals surface area (Å²) in [6.45, 7) is 5.73. The van der Waals surface area contributed by atoms with E-state index >= 15 is 0 Å². The van der Waals surface area contributed by atoms with Crippen LogP contribution in [-0.2, 0) is 9.47 Å². The second-order valence-corrected chi connectivity index (χ2v) is 6.20. The van der Waals surface area contributed by atoms with Crippen LogP contribution in [0.25, 0.3) is 0 Å². The molecule has 7 nitrogen and oxygen atoms in total. The first-order valence-electron chi connectivity index (χ1n) is 9.16. The van der Waals surface area contributed by atoms with Gasteiger partial charge in [0.15, 0.2) is 5.96 Å². The molecule has 2 unspecified atom stereocenters. The maximum atomic E-state index is 5.89. The van der Waals surface area contributed by atoms with Gasteiger partial charge in [-0.15, -0.1) is 24.0 Å². The van der Waals surface area contributed by atoms with Crippen LogP contribution in [0.15, 0.2) is 29.3 Å². The second-order valence-electron chi connectivity index (χ2n) is 6.20. The molecule has 0 aliphatic carbocycles. The van der Waals surface area contributed by atoms with Crippen molar-refractivity contribution in [3.05, 3.63) is 24.3 Å². The second kappa shape index (κ2) is 13.8. The molecule has 1 aliphatic heterocycles. The highest BCUT2D eigenvalue weighted by molar-refractivity contribution is 14.0. The standard InChI is InChI=1S/C19H31N3O4.HI/c1-15(26-17-7-4-6-16(12-17)23-3)13-22-19(20-2)21-9-5-10-25-18-8-11-24-14-18;/h4,6-7,12,15,18H,5,8-11,13-14H2,1-3H3,(H2,20,21,22);1H. The molecule has 0 bridgehead atoms. The Morgan fingerprint density at radius 2 is 2.15 bits per heavy atom. The first-order valence-corrected chi connectivity index (χ1v) is 9.16. The number of nitrogens with one attached hydrogen (secondary N) is 2. The molecule has 8 heteroatoms. The van der Waals surface area contributed by atoms with Crippen molar-refractivity contribution in [1.82, 2.24) is 10.6 Å². The molecule has 27 heavy (non-hydrogen) atoms. The summed E-state index contributed by atoms with van der Waals surface area (Å²) in [6.07, 6.45) is 2.18. The summed E-state index contributed by atoms with van der Waals surface area (Å²) in [7, 11) is 3.40. The van der Waals surface area contributed by atoms with E-state index in [0.717, 1.165) is 56.7 Å². The van der Waals surface area contributed by atoms with E-state index < -0.39 is 0 Å². The Hall–Kier alpha value is -1.26. The molecular formula is C19H32IN3O4. The van der Waals surface area contributed by atoms with Crippen LogP contribution in [0.5, 0.6) is 11.5 Å². The van der Waals surface area contributed by atoms with E-state index in [4.69, 9.17) is 18.9 Å². The van der Waals surface area contributed by atoms with Crippen LogP contribution in [0.1, 0.15) is 19.8 Å². The lowest BCUT2D eigenvalue weighted by atomic mass is 10.3. The smallest absolute Gasteiger partial charge is 0.191 e. The normalized spacial score (nSPS) is 17.7. The third kappa shape index (κ3) is 9.48.